The van der Waals surface area contributed by atoms with Gasteiger partial charge in [0, 0.05) is 6.04 Å². The van der Waals surface area contributed by atoms with Crippen molar-refractivity contribution >= 4 is 0 Å². The summed E-state index contributed by atoms with van der Waals surface area (Å²) in [5.74, 6) is 0.573. The van der Waals surface area contributed by atoms with Crippen LogP contribution in [0.5, 0.6) is 0 Å². The predicted molar refractivity (Wildman–Crippen MR) is 81.0 cm³/mol. The molecule has 0 aromatic heterocycles. The second-order valence-corrected chi connectivity index (χ2v) is 5.93. The number of nitrogens with one attached hydrogen (secondary N) is 1. The Balaban J connectivity index is 2.95. The fourth-order valence-corrected chi connectivity index (χ4v) is 2.64. The van der Waals surface area contributed by atoms with Crippen LogP contribution in [0.15, 0.2) is 12.1 Å². The van der Waals surface area contributed by atoms with Crippen LogP contribution in [0.2, 0.25) is 0 Å². The van der Waals surface area contributed by atoms with Crippen molar-refractivity contribution in [2.24, 2.45) is 5.92 Å². The van der Waals surface area contributed by atoms with Gasteiger partial charge in [0.05, 0.1) is 0 Å². The molecule has 0 spiro atoms. The van der Waals surface area contributed by atoms with Crippen molar-refractivity contribution in [1.29, 1.82) is 0 Å². The molecular weight excluding hydrogens is 237 g/mol. The van der Waals surface area contributed by atoms with Crippen LogP contribution < -0.4 is 5.32 Å². The largest absolute Gasteiger partial charge is 0.310 e. The van der Waals surface area contributed by atoms with Gasteiger partial charge in [0.1, 0.15) is 5.82 Å². The number of rotatable bonds is 7. The first-order chi connectivity index (χ1) is 8.95. The number of halogens is 1. The zero-order valence-electron chi connectivity index (χ0n) is 13.0. The normalized spacial score (nSPS) is 13.0. The predicted octanol–water partition coefficient (Wildman–Crippen LogP) is 4.92. The van der Waals surface area contributed by atoms with Crippen molar-refractivity contribution in [2.75, 3.05) is 6.54 Å². The lowest BCUT2D eigenvalue weighted by molar-refractivity contribution is 0.437. The minimum atomic E-state index is -0.128. The highest BCUT2D eigenvalue weighted by Gasteiger charge is 2.16. The van der Waals surface area contributed by atoms with E-state index >= 15 is 0 Å². The molecule has 1 nitrogen and oxygen atoms in total. The van der Waals surface area contributed by atoms with Gasteiger partial charge in [0.2, 0.25) is 0 Å². The van der Waals surface area contributed by atoms with E-state index < -0.39 is 0 Å². The molecule has 0 fully saturated rings. The van der Waals surface area contributed by atoms with Crippen LogP contribution in [0.3, 0.4) is 0 Å². The highest BCUT2D eigenvalue weighted by atomic mass is 19.1. The molecule has 1 unspecified atom stereocenters. The molecule has 0 aliphatic heterocycles. The lowest BCUT2D eigenvalue weighted by atomic mass is 9.91. The number of hydrogen-bond acceptors (Lipinski definition) is 1. The van der Waals surface area contributed by atoms with E-state index in [-0.39, 0.29) is 5.82 Å². The Bertz CT molecular complexity index is 375. The van der Waals surface area contributed by atoms with Crippen molar-refractivity contribution in [3.05, 3.63) is 34.6 Å². The summed E-state index contributed by atoms with van der Waals surface area (Å²) in [6.07, 6.45) is 3.43. The molecule has 1 N–H and O–H groups in total. The molecule has 1 atom stereocenters. The maximum Gasteiger partial charge on any atom is 0.123 e. The monoisotopic (exact) mass is 265 g/mol. The van der Waals surface area contributed by atoms with Gasteiger partial charge in [-0.05, 0) is 74.4 Å². The zero-order valence-corrected chi connectivity index (χ0v) is 13.0. The van der Waals surface area contributed by atoms with Crippen LogP contribution in [0.1, 0.15) is 62.8 Å². The van der Waals surface area contributed by atoms with E-state index in [9.17, 15) is 4.39 Å². The lowest BCUT2D eigenvalue weighted by Crippen LogP contribution is -2.24. The molecule has 1 aromatic rings. The molecule has 1 aromatic carbocycles. The number of benzene rings is 1. The standard InChI is InChI=1S/C17H28FN/c1-6-9-19-16(8-7-12(2)3)17-13(4)10-15(18)11-14(17)5/h10-12,16,19H,6-9H2,1-5H3. The molecule has 0 aliphatic rings. The van der Waals surface area contributed by atoms with Crippen LogP contribution in [-0.4, -0.2) is 6.54 Å². The second-order valence-electron chi connectivity index (χ2n) is 5.93. The van der Waals surface area contributed by atoms with Gasteiger partial charge < -0.3 is 5.32 Å². The summed E-state index contributed by atoms with van der Waals surface area (Å²) < 4.78 is 13.4. The van der Waals surface area contributed by atoms with Gasteiger partial charge in [-0.1, -0.05) is 20.8 Å². The zero-order chi connectivity index (χ0) is 14.4. The van der Waals surface area contributed by atoms with E-state index in [1.807, 2.05) is 13.8 Å². The summed E-state index contributed by atoms with van der Waals surface area (Å²) in [6.45, 7) is 11.7. The minimum Gasteiger partial charge on any atom is -0.310 e. The average molecular weight is 265 g/mol. The van der Waals surface area contributed by atoms with Gasteiger partial charge in [-0.3, -0.25) is 0 Å². The Labute approximate surface area is 117 Å². The van der Waals surface area contributed by atoms with Crippen molar-refractivity contribution in [2.45, 2.75) is 59.9 Å². The molecular formula is C17H28FN. The van der Waals surface area contributed by atoms with Crippen LogP contribution in [0, 0.1) is 25.6 Å². The summed E-state index contributed by atoms with van der Waals surface area (Å²) >= 11 is 0. The molecule has 0 bridgehead atoms. The van der Waals surface area contributed by atoms with Gasteiger partial charge in [-0.25, -0.2) is 4.39 Å². The van der Waals surface area contributed by atoms with Crippen LogP contribution >= 0.6 is 0 Å². The molecule has 0 amide bonds. The number of hydrogen-bond donors (Lipinski definition) is 1. The topological polar surface area (TPSA) is 12.0 Å². The quantitative estimate of drug-likeness (QED) is 0.738. The molecule has 19 heavy (non-hydrogen) atoms. The molecule has 1 rings (SSSR count). The maximum atomic E-state index is 13.4. The Morgan fingerprint density at radius 3 is 2.16 bits per heavy atom. The van der Waals surface area contributed by atoms with E-state index in [0.717, 1.165) is 30.5 Å². The highest BCUT2D eigenvalue weighted by Crippen LogP contribution is 2.27. The van der Waals surface area contributed by atoms with Crippen molar-refractivity contribution in [3.63, 3.8) is 0 Å². The summed E-state index contributed by atoms with van der Waals surface area (Å²) in [6, 6.07) is 3.65. The minimum absolute atomic E-state index is 0.128. The van der Waals surface area contributed by atoms with Gasteiger partial charge >= 0.3 is 0 Å². The Morgan fingerprint density at radius 1 is 1.11 bits per heavy atom. The van der Waals surface area contributed by atoms with E-state index in [2.05, 4.69) is 26.1 Å². The Morgan fingerprint density at radius 2 is 1.68 bits per heavy atom. The van der Waals surface area contributed by atoms with E-state index in [0.29, 0.717) is 12.0 Å². The van der Waals surface area contributed by atoms with E-state index in [4.69, 9.17) is 0 Å². The maximum absolute atomic E-state index is 13.4. The Hall–Kier alpha value is -0.890. The fourth-order valence-electron chi connectivity index (χ4n) is 2.64. The molecule has 0 saturated carbocycles. The fraction of sp³-hybridized carbons (Fsp3) is 0.647. The smallest absolute Gasteiger partial charge is 0.123 e. The molecule has 2 heteroatoms. The first-order valence-corrected chi connectivity index (χ1v) is 7.45. The van der Waals surface area contributed by atoms with Gasteiger partial charge in [0.25, 0.3) is 0 Å². The van der Waals surface area contributed by atoms with Crippen LogP contribution in [0.4, 0.5) is 4.39 Å². The van der Waals surface area contributed by atoms with Crippen LogP contribution in [0.25, 0.3) is 0 Å². The number of aryl methyl sites for hydroxylation is 2. The van der Waals surface area contributed by atoms with Crippen molar-refractivity contribution < 1.29 is 4.39 Å². The summed E-state index contributed by atoms with van der Waals surface area (Å²) in [7, 11) is 0. The SMILES string of the molecule is CCCNC(CCC(C)C)c1c(C)cc(F)cc1C. The highest BCUT2D eigenvalue weighted by molar-refractivity contribution is 5.36. The molecule has 0 radical (unpaired) electrons. The third kappa shape index (κ3) is 4.94. The lowest BCUT2D eigenvalue weighted by Gasteiger charge is -2.24. The third-order valence-electron chi connectivity index (χ3n) is 3.58. The van der Waals surface area contributed by atoms with Crippen molar-refractivity contribution in [3.8, 4) is 0 Å². The molecule has 0 saturated heterocycles. The van der Waals surface area contributed by atoms with Gasteiger partial charge in [0.15, 0.2) is 0 Å². The van der Waals surface area contributed by atoms with Crippen LogP contribution in [-0.2, 0) is 0 Å². The average Bonchev–Trinajstić information content (AvgIpc) is 2.30. The van der Waals surface area contributed by atoms with Gasteiger partial charge in [-0.2, -0.15) is 0 Å². The summed E-state index contributed by atoms with van der Waals surface area (Å²) in [5, 5.41) is 3.62. The first-order valence-electron chi connectivity index (χ1n) is 7.45. The molecule has 0 aliphatic carbocycles. The van der Waals surface area contributed by atoms with E-state index in [1.54, 1.807) is 12.1 Å². The summed E-state index contributed by atoms with van der Waals surface area (Å²) in [5.41, 5.74) is 3.42. The Kier molecular flexibility index (Phi) is 6.50. The molecule has 0 heterocycles. The van der Waals surface area contributed by atoms with Crippen molar-refractivity contribution in [1.82, 2.24) is 5.32 Å². The third-order valence-corrected chi connectivity index (χ3v) is 3.58. The first kappa shape index (κ1) is 16.2. The second kappa shape index (κ2) is 7.64. The molecule has 108 valence electrons. The van der Waals surface area contributed by atoms with E-state index in [1.165, 1.54) is 12.0 Å². The summed E-state index contributed by atoms with van der Waals surface area (Å²) in [4.78, 5) is 0. The van der Waals surface area contributed by atoms with Gasteiger partial charge in [-0.15, -0.1) is 0 Å².